The number of nitrogens with one attached hydrogen (secondary N) is 4. The molecule has 21 heteroatoms. The Morgan fingerprint density at radius 3 is 2.19 bits per heavy atom. The van der Waals surface area contributed by atoms with E-state index < -0.39 is 89.2 Å². The van der Waals surface area contributed by atoms with Crippen LogP contribution in [0.2, 0.25) is 0 Å². The number of piperazine rings is 1. The van der Waals surface area contributed by atoms with E-state index >= 15 is 0 Å². The van der Waals surface area contributed by atoms with E-state index in [1.165, 1.54) is 35.2 Å². The number of ether oxygens (including phenoxy) is 4. The Kier molecular flexibility index (Phi) is 18.1. The Bertz CT molecular complexity index is 2250. The molecule has 2 aromatic carbocycles. The number of primary amides is 1. The molecule has 0 aromatic heterocycles. The van der Waals surface area contributed by atoms with Crippen molar-refractivity contribution in [2.24, 2.45) is 11.1 Å². The standard InChI is InChI=1S/C48H63N9O12/c1-7-26-66-43(62)48(19-9-20-48)42(61)54-36(10-8-21-51-44(50)63)39(58)53-34-17-15-33(16-18-34)38(41(60)56-24-22-55(6)23-25-56)68-46(65)67-35-27-37(57(29-35)45(64)69-47(3,4)5)40(59)52-30(2)32-13-11-31(28-49)12-14-32/h7,11-18,30,35-38H,1,8-10,19-27,29H2,2-6H3,(H,52,59)(H,53,58)(H,54,61)(H3,50,51,63)/t30-,35+,36?,37?,38?/m0/s1. The molecule has 0 bridgehead atoms. The number of hydrogen-bond donors (Lipinski definition) is 5. The fourth-order valence-electron chi connectivity index (χ4n) is 7.99. The van der Waals surface area contributed by atoms with Crippen LogP contribution in [0.4, 0.5) is 20.1 Å². The van der Waals surface area contributed by atoms with Crippen molar-refractivity contribution in [3.05, 3.63) is 77.9 Å². The van der Waals surface area contributed by atoms with Crippen molar-refractivity contribution < 1.29 is 57.3 Å². The molecular weight excluding hydrogens is 895 g/mol. The molecule has 6 N–H and O–H groups in total. The maximum atomic E-state index is 14.1. The molecule has 1 aliphatic carbocycles. The van der Waals surface area contributed by atoms with Crippen molar-refractivity contribution >= 4 is 53.6 Å². The second-order valence-corrected chi connectivity index (χ2v) is 18.4. The van der Waals surface area contributed by atoms with Gasteiger partial charge in [-0.2, -0.15) is 5.26 Å². The summed E-state index contributed by atoms with van der Waals surface area (Å²) in [5.41, 5.74) is 4.48. The predicted octanol–water partition coefficient (Wildman–Crippen LogP) is 3.55. The summed E-state index contributed by atoms with van der Waals surface area (Å²) in [4.78, 5) is 111. The highest BCUT2D eigenvalue weighted by molar-refractivity contribution is 6.06. The first-order valence-corrected chi connectivity index (χ1v) is 22.9. The number of carbonyl (C=O) groups excluding carboxylic acids is 8. The lowest BCUT2D eigenvalue weighted by Gasteiger charge is -2.38. The van der Waals surface area contributed by atoms with Gasteiger partial charge in [0.25, 0.3) is 5.91 Å². The number of benzene rings is 2. The van der Waals surface area contributed by atoms with Gasteiger partial charge in [-0.05, 0) is 90.3 Å². The van der Waals surface area contributed by atoms with Crippen LogP contribution in [-0.4, -0.2) is 139 Å². The third kappa shape index (κ3) is 14.4. The van der Waals surface area contributed by atoms with Crippen LogP contribution in [0.25, 0.3) is 0 Å². The molecule has 3 unspecified atom stereocenters. The highest BCUT2D eigenvalue weighted by Gasteiger charge is 2.53. The molecule has 0 radical (unpaired) electrons. The van der Waals surface area contributed by atoms with Crippen LogP contribution >= 0.6 is 0 Å². The summed E-state index contributed by atoms with van der Waals surface area (Å²) in [5, 5.41) is 20.0. The molecule has 372 valence electrons. The first kappa shape index (κ1) is 52.8. The SMILES string of the molecule is C=CCOC(=O)C1(C(=O)NC(CCCNC(N)=O)C(=O)Nc2ccc(C(OC(=O)O[C@@H]3CC(C(=O)N[C@@H](C)c4ccc(C#N)cc4)N(C(=O)OC(C)(C)C)C3)C(=O)N3CCN(C)CC3)cc2)CCC1. The smallest absolute Gasteiger partial charge is 0.461 e. The Labute approximate surface area is 401 Å². The van der Waals surface area contributed by atoms with Gasteiger partial charge in [-0.3, -0.25) is 28.9 Å². The second-order valence-electron chi connectivity index (χ2n) is 18.4. The second kappa shape index (κ2) is 23.7. The summed E-state index contributed by atoms with van der Waals surface area (Å²) in [5.74, 6) is -3.09. The van der Waals surface area contributed by atoms with Crippen LogP contribution in [0.3, 0.4) is 0 Å². The number of esters is 1. The zero-order chi connectivity index (χ0) is 50.5. The molecule has 21 nitrogen and oxygen atoms in total. The maximum absolute atomic E-state index is 14.1. The zero-order valence-corrected chi connectivity index (χ0v) is 39.7. The van der Waals surface area contributed by atoms with Gasteiger partial charge >= 0.3 is 24.2 Å². The number of nitriles is 1. The lowest BCUT2D eigenvalue weighted by Crippen LogP contribution is -2.56. The van der Waals surface area contributed by atoms with Gasteiger partial charge in [0, 0.05) is 50.4 Å². The minimum absolute atomic E-state index is 0.0605. The average Bonchev–Trinajstić information content (AvgIpc) is 3.72. The van der Waals surface area contributed by atoms with Crippen LogP contribution in [0.1, 0.15) is 95.1 Å². The molecule has 5 rings (SSSR count). The Balaban J connectivity index is 1.31. The topological polar surface area (TPSA) is 281 Å². The highest BCUT2D eigenvalue weighted by atomic mass is 16.7. The Morgan fingerprint density at radius 1 is 0.957 bits per heavy atom. The van der Waals surface area contributed by atoms with Crippen molar-refractivity contribution in [2.45, 2.75) is 102 Å². The highest BCUT2D eigenvalue weighted by Crippen LogP contribution is 2.42. The molecule has 3 fully saturated rings. The predicted molar refractivity (Wildman–Crippen MR) is 248 cm³/mol. The van der Waals surface area contributed by atoms with E-state index in [2.05, 4.69) is 33.9 Å². The molecule has 1 saturated carbocycles. The van der Waals surface area contributed by atoms with E-state index in [9.17, 15) is 43.6 Å². The molecule has 2 saturated heterocycles. The van der Waals surface area contributed by atoms with Gasteiger partial charge in [-0.1, -0.05) is 43.3 Å². The average molecular weight is 958 g/mol. The van der Waals surface area contributed by atoms with Crippen molar-refractivity contribution in [3.63, 3.8) is 0 Å². The molecule has 3 aliphatic rings. The van der Waals surface area contributed by atoms with Crippen molar-refractivity contribution in [1.29, 1.82) is 5.26 Å². The number of amides is 7. The number of rotatable bonds is 18. The number of hydrogen-bond acceptors (Lipinski definition) is 14. The molecule has 5 atom stereocenters. The van der Waals surface area contributed by atoms with Gasteiger partial charge in [0.1, 0.15) is 35.8 Å². The number of nitrogens with zero attached hydrogens (tertiary/aromatic N) is 4. The molecular formula is C48H63N9O12. The van der Waals surface area contributed by atoms with Crippen molar-refractivity contribution in [1.82, 2.24) is 30.7 Å². The number of nitrogens with two attached hydrogens (primary N) is 1. The molecule has 2 heterocycles. The Hall–Kier alpha value is -7.21. The summed E-state index contributed by atoms with van der Waals surface area (Å²) in [7, 11) is 1.92. The van der Waals surface area contributed by atoms with Crippen LogP contribution in [0.15, 0.2) is 61.2 Å². The largest absolute Gasteiger partial charge is 0.509 e. The number of likely N-dealkylation sites (tertiary alicyclic amines) is 1. The van der Waals surface area contributed by atoms with E-state index in [1.54, 1.807) is 56.9 Å². The number of carbonyl (C=O) groups is 8. The quantitative estimate of drug-likeness (QED) is 0.0470. The van der Waals surface area contributed by atoms with E-state index in [0.717, 1.165) is 0 Å². The van der Waals surface area contributed by atoms with Crippen LogP contribution in [-0.2, 0) is 42.9 Å². The van der Waals surface area contributed by atoms with Gasteiger partial charge in [0.15, 0.2) is 0 Å². The monoisotopic (exact) mass is 957 g/mol. The first-order chi connectivity index (χ1) is 32.7. The molecule has 0 spiro atoms. The zero-order valence-electron chi connectivity index (χ0n) is 39.7. The lowest BCUT2D eigenvalue weighted by molar-refractivity contribution is -0.167. The van der Waals surface area contributed by atoms with Gasteiger partial charge in [-0.15, -0.1) is 0 Å². The van der Waals surface area contributed by atoms with Gasteiger partial charge in [0.05, 0.1) is 24.2 Å². The van der Waals surface area contributed by atoms with Gasteiger partial charge in [0.2, 0.25) is 23.8 Å². The number of urea groups is 1. The number of likely N-dealkylation sites (N-methyl/N-ethyl adjacent to an activating group) is 1. The molecule has 2 aromatic rings. The molecule has 69 heavy (non-hydrogen) atoms. The fraction of sp³-hybridized carbons (Fsp3) is 0.521. The Morgan fingerprint density at radius 2 is 1.61 bits per heavy atom. The third-order valence-corrected chi connectivity index (χ3v) is 12.0. The molecule has 7 amide bonds. The van der Waals surface area contributed by atoms with Gasteiger partial charge < -0.3 is 55.7 Å². The van der Waals surface area contributed by atoms with Crippen LogP contribution in [0, 0.1) is 16.7 Å². The fourth-order valence-corrected chi connectivity index (χ4v) is 7.99. The van der Waals surface area contributed by atoms with Crippen LogP contribution < -0.4 is 27.0 Å². The van der Waals surface area contributed by atoms with Crippen molar-refractivity contribution in [2.75, 3.05) is 58.2 Å². The van der Waals surface area contributed by atoms with E-state index in [1.807, 2.05) is 11.9 Å². The minimum atomic E-state index is -1.51. The minimum Gasteiger partial charge on any atom is -0.461 e. The maximum Gasteiger partial charge on any atom is 0.509 e. The summed E-state index contributed by atoms with van der Waals surface area (Å²) < 4.78 is 22.3. The van der Waals surface area contributed by atoms with E-state index in [0.29, 0.717) is 43.7 Å². The van der Waals surface area contributed by atoms with Crippen LogP contribution in [0.5, 0.6) is 0 Å². The summed E-state index contributed by atoms with van der Waals surface area (Å²) in [6, 6.07) is 11.1. The third-order valence-electron chi connectivity index (χ3n) is 12.0. The van der Waals surface area contributed by atoms with E-state index in [-0.39, 0.29) is 63.1 Å². The van der Waals surface area contributed by atoms with Gasteiger partial charge in [-0.25, -0.2) is 14.4 Å². The molecule has 2 aliphatic heterocycles. The number of anilines is 1. The summed E-state index contributed by atoms with van der Waals surface area (Å²) in [6.07, 6.45) is -1.93. The normalized spacial score (nSPS) is 18.9. The summed E-state index contributed by atoms with van der Waals surface area (Å²) >= 11 is 0. The van der Waals surface area contributed by atoms with Crippen molar-refractivity contribution in [3.8, 4) is 6.07 Å². The van der Waals surface area contributed by atoms with E-state index in [4.69, 9.17) is 24.7 Å². The summed E-state index contributed by atoms with van der Waals surface area (Å²) in [6.45, 7) is 12.0. The lowest BCUT2D eigenvalue weighted by atomic mass is 9.68. The first-order valence-electron chi connectivity index (χ1n) is 22.9.